The van der Waals surface area contributed by atoms with E-state index in [4.69, 9.17) is 4.52 Å². The molecule has 0 radical (unpaired) electrons. The van der Waals surface area contributed by atoms with Crippen LogP contribution in [0.3, 0.4) is 0 Å². The summed E-state index contributed by atoms with van der Waals surface area (Å²) in [7, 11) is 1.87. The summed E-state index contributed by atoms with van der Waals surface area (Å²) >= 11 is 0. The highest BCUT2D eigenvalue weighted by atomic mass is 16.5. The Morgan fingerprint density at radius 3 is 2.67 bits per heavy atom. The van der Waals surface area contributed by atoms with Crippen LogP contribution in [0.2, 0.25) is 0 Å². The van der Waals surface area contributed by atoms with Gasteiger partial charge in [-0.15, -0.1) is 0 Å². The number of hydrogen-bond donors (Lipinski definition) is 2. The minimum absolute atomic E-state index is 0.0725. The van der Waals surface area contributed by atoms with Gasteiger partial charge in [-0.05, 0) is 40.8 Å². The van der Waals surface area contributed by atoms with E-state index in [0.29, 0.717) is 17.9 Å². The lowest BCUT2D eigenvalue weighted by atomic mass is 10.2. The van der Waals surface area contributed by atoms with E-state index >= 15 is 0 Å². The number of nitrogens with one attached hydrogen (secondary N) is 2. The molecule has 2 aromatic rings. The summed E-state index contributed by atoms with van der Waals surface area (Å²) in [6.45, 7) is 8.30. The van der Waals surface area contributed by atoms with Crippen LogP contribution < -0.4 is 10.6 Å². The first kappa shape index (κ1) is 15.3. The zero-order valence-electron chi connectivity index (χ0n) is 13.2. The van der Waals surface area contributed by atoms with Crippen molar-refractivity contribution in [1.29, 1.82) is 0 Å². The molecule has 0 spiro atoms. The molecular weight excluding hydrogens is 268 g/mol. The van der Waals surface area contributed by atoms with E-state index < -0.39 is 0 Å². The Bertz CT molecular complexity index is 642. The molecule has 6 nitrogen and oxygen atoms in total. The van der Waals surface area contributed by atoms with Gasteiger partial charge in [0.1, 0.15) is 5.76 Å². The van der Waals surface area contributed by atoms with Gasteiger partial charge in [0.15, 0.2) is 5.82 Å². The van der Waals surface area contributed by atoms with Crippen molar-refractivity contribution in [2.75, 3.05) is 13.6 Å². The van der Waals surface area contributed by atoms with Crippen LogP contribution in [0.15, 0.2) is 16.7 Å². The number of rotatable bonds is 5. The lowest BCUT2D eigenvalue weighted by Crippen LogP contribution is -2.37. The quantitative estimate of drug-likeness (QED) is 0.879. The van der Waals surface area contributed by atoms with Gasteiger partial charge in [-0.3, -0.25) is 9.36 Å². The van der Waals surface area contributed by atoms with E-state index in [1.54, 1.807) is 0 Å². The highest BCUT2D eigenvalue weighted by molar-refractivity contribution is 5.95. The second-order valence-corrected chi connectivity index (χ2v) is 5.32. The maximum atomic E-state index is 12.3. The average molecular weight is 290 g/mol. The Kier molecular flexibility index (Phi) is 4.47. The maximum Gasteiger partial charge on any atom is 0.253 e. The first-order valence-corrected chi connectivity index (χ1v) is 7.02. The second-order valence-electron chi connectivity index (χ2n) is 5.32. The van der Waals surface area contributed by atoms with Crippen molar-refractivity contribution >= 4 is 5.91 Å². The number of carbonyl (C=O) groups excluding carboxylic acids is 1. The third kappa shape index (κ3) is 3.16. The number of amides is 1. The van der Waals surface area contributed by atoms with Crippen LogP contribution in [-0.4, -0.2) is 35.3 Å². The van der Waals surface area contributed by atoms with Gasteiger partial charge in [-0.1, -0.05) is 5.16 Å². The summed E-state index contributed by atoms with van der Waals surface area (Å²) in [5, 5.41) is 10.0. The molecule has 1 unspecified atom stereocenters. The topological polar surface area (TPSA) is 72.1 Å². The molecule has 6 heteroatoms. The summed E-state index contributed by atoms with van der Waals surface area (Å²) in [5.41, 5.74) is 2.47. The summed E-state index contributed by atoms with van der Waals surface area (Å²) in [5.74, 6) is 1.37. The zero-order chi connectivity index (χ0) is 15.6. The number of carbonyl (C=O) groups is 1. The monoisotopic (exact) mass is 290 g/mol. The smallest absolute Gasteiger partial charge is 0.253 e. The van der Waals surface area contributed by atoms with Crippen molar-refractivity contribution in [2.24, 2.45) is 0 Å². The Hall–Kier alpha value is -2.08. The molecule has 2 N–H and O–H groups in total. The van der Waals surface area contributed by atoms with Gasteiger partial charge in [0, 0.05) is 30.0 Å². The van der Waals surface area contributed by atoms with Crippen LogP contribution in [0.1, 0.15) is 34.4 Å². The van der Waals surface area contributed by atoms with Crippen LogP contribution in [0.5, 0.6) is 0 Å². The van der Waals surface area contributed by atoms with Crippen LogP contribution in [-0.2, 0) is 0 Å². The molecule has 0 saturated carbocycles. The largest absolute Gasteiger partial charge is 0.360 e. The molecule has 0 fully saturated rings. The van der Waals surface area contributed by atoms with Crippen LogP contribution in [0.4, 0.5) is 0 Å². The summed E-state index contributed by atoms with van der Waals surface area (Å²) < 4.78 is 7.04. The van der Waals surface area contributed by atoms with Gasteiger partial charge in [-0.25, -0.2) is 0 Å². The Balaban J connectivity index is 2.25. The van der Waals surface area contributed by atoms with Crippen molar-refractivity contribution in [3.8, 4) is 5.82 Å². The average Bonchev–Trinajstić information content (AvgIpc) is 2.99. The minimum atomic E-state index is -0.0725. The molecule has 0 saturated heterocycles. The zero-order valence-corrected chi connectivity index (χ0v) is 13.2. The summed E-state index contributed by atoms with van der Waals surface area (Å²) in [6.07, 6.45) is 0. The molecular formula is C15H22N4O2. The van der Waals surface area contributed by atoms with E-state index in [0.717, 1.165) is 17.1 Å². The number of aryl methyl sites for hydroxylation is 2. The lowest BCUT2D eigenvalue weighted by Gasteiger charge is -2.11. The first-order chi connectivity index (χ1) is 9.93. The molecule has 0 aromatic carbocycles. The fourth-order valence-electron chi connectivity index (χ4n) is 2.25. The number of nitrogens with zero attached hydrogens (tertiary/aromatic N) is 2. The molecule has 21 heavy (non-hydrogen) atoms. The van der Waals surface area contributed by atoms with E-state index in [9.17, 15) is 4.79 Å². The number of aromatic nitrogens is 2. The first-order valence-electron chi connectivity index (χ1n) is 7.02. The van der Waals surface area contributed by atoms with Gasteiger partial charge in [0.2, 0.25) is 0 Å². The molecule has 0 aliphatic carbocycles. The normalized spacial score (nSPS) is 12.4. The van der Waals surface area contributed by atoms with E-state index in [1.165, 1.54) is 0 Å². The molecule has 1 atom stereocenters. The third-order valence-corrected chi connectivity index (χ3v) is 3.58. The van der Waals surface area contributed by atoms with Crippen molar-refractivity contribution < 1.29 is 9.32 Å². The third-order valence-electron chi connectivity index (χ3n) is 3.58. The van der Waals surface area contributed by atoms with Gasteiger partial charge < -0.3 is 15.2 Å². The second kappa shape index (κ2) is 6.13. The molecule has 2 aromatic heterocycles. The Morgan fingerprint density at radius 1 is 1.38 bits per heavy atom. The molecule has 2 heterocycles. The highest BCUT2D eigenvalue weighted by Gasteiger charge is 2.18. The van der Waals surface area contributed by atoms with Crippen molar-refractivity contribution in [3.05, 3.63) is 34.8 Å². The van der Waals surface area contributed by atoms with Crippen molar-refractivity contribution in [1.82, 2.24) is 20.4 Å². The van der Waals surface area contributed by atoms with Crippen molar-refractivity contribution in [2.45, 2.75) is 33.7 Å². The molecule has 114 valence electrons. The lowest BCUT2D eigenvalue weighted by molar-refractivity contribution is 0.0950. The molecule has 0 aliphatic heterocycles. The fraction of sp³-hybridized carbons (Fsp3) is 0.467. The molecule has 2 rings (SSSR count). The fourth-order valence-corrected chi connectivity index (χ4v) is 2.25. The molecule has 1 amide bonds. The predicted octanol–water partition coefficient (Wildman–Crippen LogP) is 1.73. The molecule has 0 aliphatic rings. The molecule has 0 bridgehead atoms. The van der Waals surface area contributed by atoms with Crippen LogP contribution in [0, 0.1) is 20.8 Å². The number of likely N-dealkylation sites (N-methyl/N-ethyl adjacent to an activating group) is 1. The summed E-state index contributed by atoms with van der Waals surface area (Å²) in [6, 6.07) is 3.96. The van der Waals surface area contributed by atoms with Crippen LogP contribution >= 0.6 is 0 Å². The van der Waals surface area contributed by atoms with Gasteiger partial charge in [0.25, 0.3) is 5.91 Å². The van der Waals surface area contributed by atoms with Crippen molar-refractivity contribution in [3.63, 3.8) is 0 Å². The Morgan fingerprint density at radius 2 is 2.10 bits per heavy atom. The van der Waals surface area contributed by atoms with E-state index in [1.807, 2.05) is 51.4 Å². The van der Waals surface area contributed by atoms with E-state index in [2.05, 4.69) is 15.8 Å². The van der Waals surface area contributed by atoms with Gasteiger partial charge in [-0.2, -0.15) is 0 Å². The van der Waals surface area contributed by atoms with Gasteiger partial charge in [0.05, 0.1) is 5.56 Å². The van der Waals surface area contributed by atoms with Crippen LogP contribution in [0.25, 0.3) is 5.82 Å². The Labute approximate surface area is 124 Å². The predicted molar refractivity (Wildman–Crippen MR) is 80.9 cm³/mol. The number of hydrogen-bond acceptors (Lipinski definition) is 4. The standard InChI is InChI=1S/C15H22N4O2/c1-9(16-5)8-17-15(20)13-6-10(2)19(12(13)4)14-7-11(3)21-18-14/h6-7,9,16H,8H2,1-5H3,(H,17,20). The minimum Gasteiger partial charge on any atom is -0.360 e. The maximum absolute atomic E-state index is 12.3. The van der Waals surface area contributed by atoms with E-state index in [-0.39, 0.29) is 11.9 Å². The van der Waals surface area contributed by atoms with Gasteiger partial charge >= 0.3 is 0 Å². The highest BCUT2D eigenvalue weighted by Crippen LogP contribution is 2.20. The summed E-state index contributed by atoms with van der Waals surface area (Å²) in [4.78, 5) is 12.3. The SMILES string of the molecule is CNC(C)CNC(=O)c1cc(C)n(-c2cc(C)on2)c1C.